The summed E-state index contributed by atoms with van der Waals surface area (Å²) in [6.07, 6.45) is -7.20. The van der Waals surface area contributed by atoms with Gasteiger partial charge in [0.05, 0.1) is 17.6 Å². The quantitative estimate of drug-likeness (QED) is 0.823. The molecule has 0 bridgehead atoms. The maximum atomic E-state index is 13.3. The topological polar surface area (TPSA) is 74.8 Å². The Hall–Kier alpha value is -2.78. The molecule has 0 unspecified atom stereocenters. The fraction of sp³-hybridized carbons (Fsp3) is 0.267. The highest BCUT2D eigenvalue weighted by molar-refractivity contribution is 5.95. The van der Waals surface area contributed by atoms with E-state index in [1.165, 1.54) is 6.92 Å². The monoisotopic (exact) mass is 361 g/mol. The smallest absolute Gasteiger partial charge is 0.339 e. The minimum absolute atomic E-state index is 0.0432. The Balaban J connectivity index is 2.45. The fourth-order valence-electron chi connectivity index (χ4n) is 2.27. The van der Waals surface area contributed by atoms with Gasteiger partial charge in [-0.3, -0.25) is 9.59 Å². The van der Waals surface area contributed by atoms with Gasteiger partial charge in [-0.25, -0.2) is 13.8 Å². The maximum Gasteiger partial charge on any atom is 0.416 e. The Labute approximate surface area is 137 Å². The van der Waals surface area contributed by atoms with Crippen molar-refractivity contribution in [2.75, 3.05) is 0 Å². The van der Waals surface area contributed by atoms with Crippen molar-refractivity contribution in [2.45, 2.75) is 25.6 Å². The van der Waals surface area contributed by atoms with Crippen LogP contribution in [0.3, 0.4) is 0 Å². The maximum absolute atomic E-state index is 13.3. The number of aromatic amines is 1. The van der Waals surface area contributed by atoms with Crippen molar-refractivity contribution in [1.29, 1.82) is 0 Å². The number of rotatable bonds is 4. The zero-order valence-electron chi connectivity index (χ0n) is 12.7. The summed E-state index contributed by atoms with van der Waals surface area (Å²) in [6.45, 7) is 1.30. The van der Waals surface area contributed by atoms with E-state index in [9.17, 15) is 31.5 Å². The van der Waals surface area contributed by atoms with Crippen molar-refractivity contribution in [3.8, 4) is 0 Å². The van der Waals surface area contributed by atoms with Crippen LogP contribution in [0.4, 0.5) is 22.0 Å². The molecule has 25 heavy (non-hydrogen) atoms. The van der Waals surface area contributed by atoms with Gasteiger partial charge in [-0.2, -0.15) is 13.2 Å². The van der Waals surface area contributed by atoms with Crippen molar-refractivity contribution < 1.29 is 26.7 Å². The predicted molar refractivity (Wildman–Crippen MR) is 77.2 cm³/mol. The van der Waals surface area contributed by atoms with Gasteiger partial charge in [0.25, 0.3) is 17.9 Å². The summed E-state index contributed by atoms with van der Waals surface area (Å²) in [5.74, 6) is -1.24. The van der Waals surface area contributed by atoms with Crippen LogP contribution in [0.5, 0.6) is 0 Å². The molecule has 5 nitrogen and oxygen atoms in total. The Bertz CT molecular complexity index is 832. The molecule has 1 aromatic carbocycles. The van der Waals surface area contributed by atoms with Crippen LogP contribution in [0, 0.1) is 6.92 Å². The van der Waals surface area contributed by atoms with E-state index in [1.54, 1.807) is 5.32 Å². The molecule has 1 atom stereocenters. The van der Waals surface area contributed by atoms with E-state index in [2.05, 4.69) is 9.97 Å². The molecule has 0 saturated heterocycles. The van der Waals surface area contributed by atoms with Crippen molar-refractivity contribution in [3.63, 3.8) is 0 Å². The van der Waals surface area contributed by atoms with Crippen molar-refractivity contribution >= 4 is 5.91 Å². The molecule has 0 aliphatic rings. The van der Waals surface area contributed by atoms with E-state index in [0.29, 0.717) is 6.07 Å². The Morgan fingerprint density at radius 3 is 2.44 bits per heavy atom. The molecule has 1 aromatic heterocycles. The first-order chi connectivity index (χ1) is 11.6. The minimum atomic E-state index is -4.88. The van der Waals surface area contributed by atoms with Crippen LogP contribution < -0.4 is 10.9 Å². The number of hydrogen-bond acceptors (Lipinski definition) is 3. The number of H-pyrrole nitrogens is 1. The lowest BCUT2D eigenvalue weighted by Crippen LogP contribution is -2.37. The number of carbonyl (C=O) groups is 1. The lowest BCUT2D eigenvalue weighted by molar-refractivity contribution is -0.138. The first-order valence-electron chi connectivity index (χ1n) is 6.92. The van der Waals surface area contributed by atoms with Crippen molar-refractivity contribution in [3.05, 3.63) is 63.3 Å². The molecule has 1 heterocycles. The Morgan fingerprint density at radius 1 is 1.24 bits per heavy atom. The SMILES string of the molecule is Cc1nc[nH]c(=O)c1C(=O)N[C@H](c1ccccc1C(F)(F)F)C(F)F. The second-order valence-electron chi connectivity index (χ2n) is 5.06. The number of benzene rings is 1. The molecular weight excluding hydrogens is 349 g/mol. The predicted octanol–water partition coefficient (Wildman–Crippen LogP) is 2.83. The number of carbonyl (C=O) groups excluding carboxylic acids is 1. The van der Waals surface area contributed by atoms with Crippen molar-refractivity contribution in [1.82, 2.24) is 15.3 Å². The number of aryl methyl sites for hydroxylation is 1. The van der Waals surface area contributed by atoms with Gasteiger partial charge < -0.3 is 10.3 Å². The molecule has 0 fully saturated rings. The third kappa shape index (κ3) is 4.01. The first kappa shape index (κ1) is 18.6. The summed E-state index contributed by atoms with van der Waals surface area (Å²) < 4.78 is 65.8. The molecule has 0 aliphatic carbocycles. The molecule has 2 N–H and O–H groups in total. The van der Waals surface area contributed by atoms with E-state index in [4.69, 9.17) is 0 Å². The van der Waals surface area contributed by atoms with Crippen LogP contribution in [0.2, 0.25) is 0 Å². The third-order valence-corrected chi connectivity index (χ3v) is 3.41. The Kier molecular flexibility index (Phi) is 5.19. The zero-order valence-corrected chi connectivity index (χ0v) is 12.7. The van der Waals surface area contributed by atoms with Gasteiger partial charge in [0, 0.05) is 0 Å². The van der Waals surface area contributed by atoms with E-state index in [0.717, 1.165) is 24.5 Å². The van der Waals surface area contributed by atoms with Gasteiger partial charge >= 0.3 is 6.18 Å². The van der Waals surface area contributed by atoms with E-state index in [1.807, 2.05) is 0 Å². The summed E-state index contributed by atoms with van der Waals surface area (Å²) in [4.78, 5) is 29.6. The van der Waals surface area contributed by atoms with Gasteiger partial charge in [-0.1, -0.05) is 18.2 Å². The summed E-state index contributed by atoms with van der Waals surface area (Å²) >= 11 is 0. The van der Waals surface area contributed by atoms with Crippen LogP contribution in [-0.2, 0) is 6.18 Å². The number of aromatic nitrogens is 2. The molecule has 2 aromatic rings. The highest BCUT2D eigenvalue weighted by Gasteiger charge is 2.38. The lowest BCUT2D eigenvalue weighted by atomic mass is 9.99. The highest BCUT2D eigenvalue weighted by atomic mass is 19.4. The molecule has 0 spiro atoms. The molecule has 10 heteroatoms. The van der Waals surface area contributed by atoms with E-state index in [-0.39, 0.29) is 5.69 Å². The molecule has 0 aliphatic heterocycles. The highest BCUT2D eigenvalue weighted by Crippen LogP contribution is 2.36. The van der Waals surface area contributed by atoms with Gasteiger partial charge in [-0.05, 0) is 18.6 Å². The first-order valence-corrected chi connectivity index (χ1v) is 6.92. The van der Waals surface area contributed by atoms with Crippen LogP contribution in [0.1, 0.15) is 33.2 Å². The van der Waals surface area contributed by atoms with E-state index < -0.39 is 46.8 Å². The third-order valence-electron chi connectivity index (χ3n) is 3.41. The lowest BCUT2D eigenvalue weighted by Gasteiger charge is -2.22. The average Bonchev–Trinajstić information content (AvgIpc) is 2.51. The number of halogens is 5. The largest absolute Gasteiger partial charge is 0.416 e. The van der Waals surface area contributed by atoms with Crippen LogP contribution >= 0.6 is 0 Å². The molecule has 1 amide bonds. The normalized spacial score (nSPS) is 12.9. The summed E-state index contributed by atoms with van der Waals surface area (Å²) in [6, 6.07) is 1.43. The number of hydrogen-bond donors (Lipinski definition) is 2. The average molecular weight is 361 g/mol. The summed E-state index contributed by atoms with van der Waals surface area (Å²) in [5.41, 5.74) is -3.56. The number of alkyl halides is 5. The molecule has 2 rings (SSSR count). The molecule has 0 saturated carbocycles. The zero-order chi connectivity index (χ0) is 18.8. The van der Waals surface area contributed by atoms with Gasteiger partial charge in [-0.15, -0.1) is 0 Å². The number of nitrogens with one attached hydrogen (secondary N) is 2. The van der Waals surface area contributed by atoms with Crippen LogP contribution in [0.25, 0.3) is 0 Å². The molecule has 0 radical (unpaired) electrons. The van der Waals surface area contributed by atoms with Crippen LogP contribution in [0.15, 0.2) is 35.4 Å². The standard InChI is InChI=1S/C15H12F5N3O2/c1-7-10(13(24)22-6-21-7)14(25)23-11(12(16)17)8-4-2-3-5-9(8)15(18,19)20/h2-6,11-12H,1H3,(H,23,25)(H,21,22,24)/t11-/m1/s1. The summed E-state index contributed by atoms with van der Waals surface area (Å²) in [7, 11) is 0. The van der Waals surface area contributed by atoms with Gasteiger partial charge in [0.1, 0.15) is 11.6 Å². The van der Waals surface area contributed by atoms with Crippen molar-refractivity contribution in [2.24, 2.45) is 0 Å². The summed E-state index contributed by atoms with van der Waals surface area (Å²) in [5, 5.41) is 1.79. The molecule has 134 valence electrons. The second kappa shape index (κ2) is 6.99. The van der Waals surface area contributed by atoms with Gasteiger partial charge in [0.2, 0.25) is 0 Å². The Morgan fingerprint density at radius 2 is 1.88 bits per heavy atom. The fourth-order valence-corrected chi connectivity index (χ4v) is 2.27. The van der Waals surface area contributed by atoms with E-state index >= 15 is 0 Å². The van der Waals surface area contributed by atoms with Gasteiger partial charge in [0.15, 0.2) is 0 Å². The number of amides is 1. The number of nitrogens with zero attached hydrogens (tertiary/aromatic N) is 1. The second-order valence-corrected chi connectivity index (χ2v) is 5.06. The minimum Gasteiger partial charge on any atom is -0.339 e. The van der Waals surface area contributed by atoms with Crippen LogP contribution in [-0.4, -0.2) is 22.3 Å². The molecular formula is C15H12F5N3O2.